The van der Waals surface area contributed by atoms with Crippen LogP contribution in [0.5, 0.6) is 0 Å². The van der Waals surface area contributed by atoms with E-state index in [1.807, 2.05) is 24.0 Å². The number of aryl methyl sites for hydroxylation is 1. The first-order chi connectivity index (χ1) is 9.65. The summed E-state index contributed by atoms with van der Waals surface area (Å²) in [6.07, 6.45) is 3.92. The summed E-state index contributed by atoms with van der Waals surface area (Å²) in [6, 6.07) is 3.70. The van der Waals surface area contributed by atoms with Gasteiger partial charge in [0.15, 0.2) is 10.8 Å². The number of likely N-dealkylation sites (tertiary alicyclic amines) is 1. The van der Waals surface area contributed by atoms with Gasteiger partial charge in [-0.25, -0.2) is 4.98 Å². The maximum Gasteiger partial charge on any atom is 0.273 e. The molecule has 4 nitrogen and oxygen atoms in total. The van der Waals surface area contributed by atoms with Crippen molar-refractivity contribution in [3.8, 4) is 10.8 Å². The largest absolute Gasteiger partial charge is 0.462 e. The predicted octanol–water partition coefficient (Wildman–Crippen LogP) is 3.58. The molecule has 2 aromatic rings. The molecule has 0 N–H and O–H groups in total. The van der Waals surface area contributed by atoms with E-state index in [2.05, 4.69) is 11.9 Å². The number of carbonyl (C=O) groups is 1. The molecule has 0 aromatic carbocycles. The predicted molar refractivity (Wildman–Crippen MR) is 78.9 cm³/mol. The van der Waals surface area contributed by atoms with Gasteiger partial charge in [-0.05, 0) is 37.8 Å². The second-order valence-corrected chi connectivity index (χ2v) is 6.60. The van der Waals surface area contributed by atoms with Crippen LogP contribution in [0.2, 0.25) is 0 Å². The van der Waals surface area contributed by atoms with Gasteiger partial charge in [0, 0.05) is 18.0 Å². The number of hydrogen-bond donors (Lipinski definition) is 0. The van der Waals surface area contributed by atoms with Gasteiger partial charge in [0.05, 0.1) is 6.26 Å². The van der Waals surface area contributed by atoms with E-state index in [0.717, 1.165) is 35.2 Å². The highest BCUT2D eigenvalue weighted by Crippen LogP contribution is 2.29. The third-order valence-electron chi connectivity index (χ3n) is 3.68. The summed E-state index contributed by atoms with van der Waals surface area (Å²) in [5.74, 6) is 1.36. The van der Waals surface area contributed by atoms with Crippen molar-refractivity contribution in [3.05, 3.63) is 29.0 Å². The summed E-state index contributed by atoms with van der Waals surface area (Å²) in [4.78, 5) is 20.0. The lowest BCUT2D eigenvalue weighted by Crippen LogP contribution is -2.39. The first kappa shape index (κ1) is 13.4. The van der Waals surface area contributed by atoms with Crippen LogP contribution in [0.15, 0.2) is 22.8 Å². The lowest BCUT2D eigenvalue weighted by molar-refractivity contribution is 0.0677. The molecule has 20 heavy (non-hydrogen) atoms. The molecule has 2 aromatic heterocycles. The number of carbonyl (C=O) groups excluding carboxylic acids is 1. The molecule has 0 radical (unpaired) electrons. The summed E-state index contributed by atoms with van der Waals surface area (Å²) in [5.41, 5.74) is 0.579. The second-order valence-electron chi connectivity index (χ2n) is 5.40. The van der Waals surface area contributed by atoms with Gasteiger partial charge in [-0.15, -0.1) is 11.3 Å². The summed E-state index contributed by atoms with van der Waals surface area (Å²) in [5, 5.41) is 0.779. The highest BCUT2D eigenvalue weighted by molar-refractivity contribution is 7.15. The van der Waals surface area contributed by atoms with E-state index < -0.39 is 0 Å². The van der Waals surface area contributed by atoms with E-state index in [9.17, 15) is 4.79 Å². The summed E-state index contributed by atoms with van der Waals surface area (Å²) >= 11 is 1.51. The summed E-state index contributed by atoms with van der Waals surface area (Å²) in [7, 11) is 0. The van der Waals surface area contributed by atoms with Gasteiger partial charge >= 0.3 is 0 Å². The molecule has 106 valence electrons. The molecule has 1 saturated heterocycles. The Morgan fingerprint density at radius 2 is 2.40 bits per heavy atom. The average Bonchev–Trinajstić information content (AvgIpc) is 3.07. The van der Waals surface area contributed by atoms with E-state index in [-0.39, 0.29) is 5.91 Å². The van der Waals surface area contributed by atoms with Crippen molar-refractivity contribution in [2.75, 3.05) is 13.1 Å². The Balaban J connectivity index is 1.85. The molecule has 5 heteroatoms. The number of hydrogen-bond acceptors (Lipinski definition) is 4. The Hall–Kier alpha value is -1.62. The fourth-order valence-corrected chi connectivity index (χ4v) is 3.50. The lowest BCUT2D eigenvalue weighted by atomic mass is 10.00. The molecule has 1 aliphatic heterocycles. The summed E-state index contributed by atoms with van der Waals surface area (Å²) < 4.78 is 5.35. The maximum atomic E-state index is 12.6. The molecule has 3 rings (SSSR count). The lowest BCUT2D eigenvalue weighted by Gasteiger charge is -2.30. The van der Waals surface area contributed by atoms with Gasteiger partial charge in [0.2, 0.25) is 0 Å². The molecular formula is C15H18N2O2S. The number of aromatic nitrogens is 1. The maximum absolute atomic E-state index is 12.6. The van der Waals surface area contributed by atoms with Gasteiger partial charge < -0.3 is 9.32 Å². The molecular weight excluding hydrogens is 272 g/mol. The van der Waals surface area contributed by atoms with Gasteiger partial charge in [0.1, 0.15) is 5.69 Å². The Morgan fingerprint density at radius 1 is 1.55 bits per heavy atom. The van der Waals surface area contributed by atoms with E-state index >= 15 is 0 Å². The van der Waals surface area contributed by atoms with Crippen LogP contribution in [0, 0.1) is 12.8 Å². The Bertz CT molecular complexity index is 603. The zero-order valence-corrected chi connectivity index (χ0v) is 12.6. The zero-order valence-electron chi connectivity index (χ0n) is 11.8. The van der Waals surface area contributed by atoms with E-state index in [0.29, 0.717) is 11.6 Å². The molecule has 0 aliphatic carbocycles. The van der Waals surface area contributed by atoms with Crippen molar-refractivity contribution < 1.29 is 9.21 Å². The normalized spacial score (nSPS) is 19.3. The number of furan rings is 1. The van der Waals surface area contributed by atoms with Crippen LogP contribution in [0.4, 0.5) is 0 Å². The number of rotatable bonds is 2. The topological polar surface area (TPSA) is 46.3 Å². The Kier molecular flexibility index (Phi) is 3.61. The Labute approximate surface area is 122 Å². The SMILES string of the molecule is Cc1sc(-c2ccco2)nc1C(=O)N1CCC[C@@H](C)C1. The van der Waals surface area contributed by atoms with Crippen molar-refractivity contribution in [3.63, 3.8) is 0 Å². The van der Waals surface area contributed by atoms with Gasteiger partial charge in [-0.3, -0.25) is 4.79 Å². The monoisotopic (exact) mass is 290 g/mol. The summed E-state index contributed by atoms with van der Waals surface area (Å²) in [6.45, 7) is 5.83. The molecule has 3 heterocycles. The minimum atomic E-state index is 0.0584. The van der Waals surface area contributed by atoms with Crippen molar-refractivity contribution in [1.29, 1.82) is 0 Å². The van der Waals surface area contributed by atoms with E-state index in [1.165, 1.54) is 17.8 Å². The van der Waals surface area contributed by atoms with Crippen LogP contribution in [-0.4, -0.2) is 28.9 Å². The third kappa shape index (κ3) is 2.50. The smallest absolute Gasteiger partial charge is 0.273 e. The first-order valence-electron chi connectivity index (χ1n) is 6.95. The number of nitrogens with zero attached hydrogens (tertiary/aromatic N) is 2. The van der Waals surface area contributed by atoms with Crippen LogP contribution in [0.3, 0.4) is 0 Å². The highest BCUT2D eigenvalue weighted by Gasteiger charge is 2.26. The number of thiazole rings is 1. The minimum absolute atomic E-state index is 0.0584. The van der Waals surface area contributed by atoms with Gasteiger partial charge in [0.25, 0.3) is 5.91 Å². The van der Waals surface area contributed by atoms with Crippen molar-refractivity contribution in [2.45, 2.75) is 26.7 Å². The van der Waals surface area contributed by atoms with Crippen LogP contribution < -0.4 is 0 Å². The molecule has 1 aliphatic rings. The fraction of sp³-hybridized carbons (Fsp3) is 0.467. The van der Waals surface area contributed by atoms with Crippen LogP contribution >= 0.6 is 11.3 Å². The number of amides is 1. The van der Waals surface area contributed by atoms with Crippen LogP contribution in [0.1, 0.15) is 35.1 Å². The fourth-order valence-electron chi connectivity index (χ4n) is 2.62. The highest BCUT2D eigenvalue weighted by atomic mass is 32.1. The van der Waals surface area contributed by atoms with Gasteiger partial charge in [-0.1, -0.05) is 6.92 Å². The molecule has 1 fully saturated rings. The average molecular weight is 290 g/mol. The molecule has 1 atom stereocenters. The van der Waals surface area contributed by atoms with Crippen molar-refractivity contribution in [2.24, 2.45) is 5.92 Å². The van der Waals surface area contributed by atoms with Crippen LogP contribution in [0.25, 0.3) is 10.8 Å². The standard InChI is InChI=1S/C15H18N2O2S/c1-10-5-3-7-17(9-10)15(18)13-11(2)20-14(16-13)12-6-4-8-19-12/h4,6,8,10H,3,5,7,9H2,1-2H3/t10-/m1/s1. The quantitative estimate of drug-likeness (QED) is 0.849. The molecule has 0 unspecified atom stereocenters. The first-order valence-corrected chi connectivity index (χ1v) is 7.77. The number of piperidine rings is 1. The van der Waals surface area contributed by atoms with Gasteiger partial charge in [-0.2, -0.15) is 0 Å². The molecule has 0 bridgehead atoms. The van der Waals surface area contributed by atoms with Crippen molar-refractivity contribution in [1.82, 2.24) is 9.88 Å². The van der Waals surface area contributed by atoms with Crippen LogP contribution in [-0.2, 0) is 0 Å². The molecule has 1 amide bonds. The Morgan fingerprint density at radius 3 is 3.10 bits per heavy atom. The van der Waals surface area contributed by atoms with Crippen molar-refractivity contribution >= 4 is 17.2 Å². The zero-order chi connectivity index (χ0) is 14.1. The van der Waals surface area contributed by atoms with E-state index in [1.54, 1.807) is 6.26 Å². The minimum Gasteiger partial charge on any atom is -0.462 e. The molecule has 0 spiro atoms. The second kappa shape index (κ2) is 5.40. The third-order valence-corrected chi connectivity index (χ3v) is 4.66. The molecule has 0 saturated carbocycles. The van der Waals surface area contributed by atoms with E-state index in [4.69, 9.17) is 4.42 Å².